The summed E-state index contributed by atoms with van der Waals surface area (Å²) >= 11 is 1.22. The van der Waals surface area contributed by atoms with E-state index in [-0.39, 0.29) is 35.9 Å². The van der Waals surface area contributed by atoms with Crippen LogP contribution in [0.5, 0.6) is 0 Å². The topological polar surface area (TPSA) is 103 Å². The third kappa shape index (κ3) is 6.20. The Morgan fingerprint density at radius 1 is 1.08 bits per heavy atom. The summed E-state index contributed by atoms with van der Waals surface area (Å²) in [5.74, 6) is 0.255. The van der Waals surface area contributed by atoms with E-state index in [9.17, 15) is 14.4 Å². The lowest BCUT2D eigenvalue weighted by atomic mass is 10.1. The minimum Gasteiger partial charge on any atom is -0.356 e. The van der Waals surface area contributed by atoms with Gasteiger partial charge in [-0.3, -0.25) is 19.4 Å². The molecule has 2 unspecified atom stereocenters. The molecule has 2 heterocycles. The van der Waals surface area contributed by atoms with Crippen LogP contribution in [0.1, 0.15) is 44.2 Å². The fourth-order valence-corrected chi connectivity index (χ4v) is 4.79. The quantitative estimate of drug-likeness (QED) is 0.516. The number of nitrogens with one attached hydrogen (secondary N) is 2. The average Bonchev–Trinajstić information content (AvgIpc) is 3.23. The van der Waals surface area contributed by atoms with Crippen LogP contribution in [0.3, 0.4) is 0 Å². The van der Waals surface area contributed by atoms with Crippen molar-refractivity contribution in [3.8, 4) is 0 Å². The number of thioether (sulfide) groups is 1. The molecule has 0 bridgehead atoms. The Hall–Kier alpha value is -3.46. The summed E-state index contributed by atoms with van der Waals surface area (Å²) in [5, 5.41) is 6.30. The number of amides is 3. The van der Waals surface area contributed by atoms with Crippen molar-refractivity contribution in [2.45, 2.75) is 51.6 Å². The van der Waals surface area contributed by atoms with Gasteiger partial charge in [0.05, 0.1) is 11.4 Å². The molecule has 0 fully saturated rings. The van der Waals surface area contributed by atoms with Gasteiger partial charge in [0.1, 0.15) is 11.9 Å². The van der Waals surface area contributed by atoms with Gasteiger partial charge in [-0.2, -0.15) is 0 Å². The maximum Gasteiger partial charge on any atom is 0.259 e. The van der Waals surface area contributed by atoms with E-state index in [1.54, 1.807) is 0 Å². The van der Waals surface area contributed by atoms with Gasteiger partial charge in [0.2, 0.25) is 11.8 Å². The lowest BCUT2D eigenvalue weighted by Gasteiger charge is -2.25. The smallest absolute Gasteiger partial charge is 0.259 e. The van der Waals surface area contributed by atoms with Gasteiger partial charge < -0.3 is 10.6 Å². The maximum atomic E-state index is 13.3. The van der Waals surface area contributed by atoms with E-state index in [1.807, 2.05) is 68.4 Å². The Kier molecular flexibility index (Phi) is 8.53. The summed E-state index contributed by atoms with van der Waals surface area (Å²) < 4.78 is 0. The first kappa shape index (κ1) is 25.6. The van der Waals surface area contributed by atoms with E-state index < -0.39 is 6.04 Å². The predicted octanol–water partition coefficient (Wildman–Crippen LogP) is 3.43. The van der Waals surface area contributed by atoms with Crippen LogP contribution < -0.4 is 10.6 Å². The van der Waals surface area contributed by atoms with Crippen molar-refractivity contribution >= 4 is 46.2 Å². The van der Waals surface area contributed by atoms with E-state index in [1.165, 1.54) is 16.7 Å². The number of carbonyl (C=O) groups excluding carboxylic acids is 3. The second kappa shape index (κ2) is 12.0. The second-order valence-corrected chi connectivity index (χ2v) is 9.79. The summed E-state index contributed by atoms with van der Waals surface area (Å²) in [6.07, 6.45) is 2.11. The molecule has 2 aliphatic rings. The van der Waals surface area contributed by atoms with Crippen molar-refractivity contribution < 1.29 is 14.4 Å². The number of carbonyl (C=O) groups is 3. The summed E-state index contributed by atoms with van der Waals surface area (Å²) in [7, 11) is 0. The number of hydrogen-bond acceptors (Lipinski definition) is 6. The Bertz CT molecular complexity index is 1180. The van der Waals surface area contributed by atoms with Crippen molar-refractivity contribution in [3.05, 3.63) is 65.7 Å². The Morgan fingerprint density at radius 2 is 1.83 bits per heavy atom. The fraction of sp³-hybridized carbons (Fsp3) is 0.370. The van der Waals surface area contributed by atoms with E-state index in [4.69, 9.17) is 0 Å². The molecule has 2 aromatic rings. The first-order valence-electron chi connectivity index (χ1n) is 12.3. The average molecular weight is 506 g/mol. The van der Waals surface area contributed by atoms with Crippen molar-refractivity contribution in [3.63, 3.8) is 0 Å². The van der Waals surface area contributed by atoms with Gasteiger partial charge in [-0.05, 0) is 43.9 Å². The SMILES string of the molecule is CCC(C)NC(=O)CSC1=Nc2ccccc2C2=NC(CCC(=O)NCCc3ccccc3)C(=O)N12. The van der Waals surface area contributed by atoms with Gasteiger partial charge in [-0.1, -0.05) is 61.2 Å². The monoisotopic (exact) mass is 505 g/mol. The van der Waals surface area contributed by atoms with Crippen LogP contribution in [0.2, 0.25) is 0 Å². The summed E-state index contributed by atoms with van der Waals surface area (Å²) in [5.41, 5.74) is 2.64. The van der Waals surface area contributed by atoms with Crippen LogP contribution in [-0.2, 0) is 20.8 Å². The van der Waals surface area contributed by atoms with Crippen molar-refractivity contribution in [2.75, 3.05) is 12.3 Å². The molecule has 188 valence electrons. The zero-order valence-corrected chi connectivity index (χ0v) is 21.4. The number of aliphatic imine (C=N–C) groups is 2. The van der Waals surface area contributed by atoms with E-state index in [2.05, 4.69) is 20.6 Å². The number of fused-ring (bicyclic) bond motifs is 3. The molecule has 0 aromatic heterocycles. The molecule has 9 heteroatoms. The minimum atomic E-state index is -0.661. The molecule has 0 saturated carbocycles. The molecule has 3 amide bonds. The van der Waals surface area contributed by atoms with Crippen LogP contribution in [-0.4, -0.2) is 58.0 Å². The molecule has 2 atom stereocenters. The first-order chi connectivity index (χ1) is 17.5. The van der Waals surface area contributed by atoms with E-state index in [0.29, 0.717) is 29.7 Å². The highest BCUT2D eigenvalue weighted by molar-refractivity contribution is 8.14. The number of nitrogens with zero attached hydrogens (tertiary/aromatic N) is 3. The highest BCUT2D eigenvalue weighted by Crippen LogP contribution is 2.34. The molecule has 0 saturated heterocycles. The summed E-state index contributed by atoms with van der Waals surface area (Å²) in [4.78, 5) is 48.9. The van der Waals surface area contributed by atoms with E-state index in [0.717, 1.165) is 24.0 Å². The fourth-order valence-electron chi connectivity index (χ4n) is 3.98. The van der Waals surface area contributed by atoms with E-state index >= 15 is 0 Å². The van der Waals surface area contributed by atoms with Gasteiger partial charge >= 0.3 is 0 Å². The van der Waals surface area contributed by atoms with Crippen LogP contribution in [0.4, 0.5) is 5.69 Å². The second-order valence-electron chi connectivity index (χ2n) is 8.84. The van der Waals surface area contributed by atoms with Gasteiger partial charge in [0.25, 0.3) is 5.91 Å². The molecule has 36 heavy (non-hydrogen) atoms. The lowest BCUT2D eigenvalue weighted by molar-refractivity contribution is -0.125. The third-order valence-corrected chi connectivity index (χ3v) is 7.06. The Labute approximate surface area is 215 Å². The highest BCUT2D eigenvalue weighted by atomic mass is 32.2. The number of amidine groups is 2. The maximum absolute atomic E-state index is 13.3. The molecule has 2 aromatic carbocycles. The zero-order chi connectivity index (χ0) is 25.5. The van der Waals surface area contributed by atoms with Crippen LogP contribution in [0.25, 0.3) is 0 Å². The molecule has 2 aliphatic heterocycles. The largest absolute Gasteiger partial charge is 0.356 e. The summed E-state index contributed by atoms with van der Waals surface area (Å²) in [6, 6.07) is 16.9. The lowest BCUT2D eigenvalue weighted by Crippen LogP contribution is -2.42. The van der Waals surface area contributed by atoms with Gasteiger partial charge in [-0.15, -0.1) is 0 Å². The molecule has 8 nitrogen and oxygen atoms in total. The predicted molar refractivity (Wildman–Crippen MR) is 143 cm³/mol. The zero-order valence-electron chi connectivity index (χ0n) is 20.6. The molecular formula is C27H31N5O3S. The van der Waals surface area contributed by atoms with Crippen LogP contribution in [0.15, 0.2) is 64.6 Å². The highest BCUT2D eigenvalue weighted by Gasteiger charge is 2.41. The number of hydrogen-bond donors (Lipinski definition) is 2. The Morgan fingerprint density at radius 3 is 2.61 bits per heavy atom. The van der Waals surface area contributed by atoms with Crippen LogP contribution >= 0.6 is 11.8 Å². The van der Waals surface area contributed by atoms with Gasteiger partial charge in [0.15, 0.2) is 5.17 Å². The molecular weight excluding hydrogens is 474 g/mol. The number of para-hydroxylation sites is 1. The van der Waals surface area contributed by atoms with Gasteiger partial charge in [0, 0.05) is 24.6 Å². The Balaban J connectivity index is 1.38. The van der Waals surface area contributed by atoms with Crippen molar-refractivity contribution in [1.82, 2.24) is 15.5 Å². The normalized spacial score (nSPS) is 17.0. The number of rotatable bonds is 10. The summed E-state index contributed by atoms with van der Waals surface area (Å²) in [6.45, 7) is 4.51. The van der Waals surface area contributed by atoms with Crippen molar-refractivity contribution in [1.29, 1.82) is 0 Å². The molecule has 4 rings (SSSR count). The first-order valence-corrected chi connectivity index (χ1v) is 13.3. The van der Waals surface area contributed by atoms with Gasteiger partial charge in [-0.25, -0.2) is 9.89 Å². The molecule has 0 radical (unpaired) electrons. The minimum absolute atomic E-state index is 0.0842. The molecule has 0 aliphatic carbocycles. The third-order valence-electron chi connectivity index (χ3n) is 6.12. The van der Waals surface area contributed by atoms with Crippen LogP contribution in [0, 0.1) is 0 Å². The number of benzene rings is 2. The molecule has 0 spiro atoms. The standard InChI is InChI=1S/C27H31N5O3S/c1-3-18(2)29-24(34)17-36-27-31-21-12-8-7-11-20(21)25-30-22(26(35)32(25)27)13-14-23(33)28-16-15-19-9-5-4-6-10-19/h4-12,18,22H,3,13-17H2,1-2H3,(H,28,33)(H,29,34). The van der Waals surface area contributed by atoms with Crippen molar-refractivity contribution in [2.24, 2.45) is 9.98 Å². The molecule has 2 N–H and O–H groups in total.